The molecule has 0 N–H and O–H groups in total. The first-order valence-electron chi connectivity index (χ1n) is 6.14. The fourth-order valence-corrected chi connectivity index (χ4v) is 2.57. The second-order valence-electron chi connectivity index (χ2n) is 4.57. The van der Waals surface area contributed by atoms with Crippen molar-refractivity contribution in [2.45, 2.75) is 32.1 Å². The third-order valence-electron chi connectivity index (χ3n) is 3.83. The molecule has 0 aliphatic carbocycles. The Morgan fingerprint density at radius 3 is 2.47 bits per heavy atom. The Morgan fingerprint density at radius 1 is 1.24 bits per heavy atom. The molecular formula is C15H18N2. The number of aromatic nitrogens is 1. The molecule has 2 nitrogen and oxygen atoms in total. The van der Waals surface area contributed by atoms with Crippen LogP contribution in [0, 0.1) is 11.3 Å². The zero-order valence-corrected chi connectivity index (χ0v) is 10.7. The third-order valence-corrected chi connectivity index (χ3v) is 3.83. The minimum absolute atomic E-state index is 0.346. The van der Waals surface area contributed by atoms with E-state index in [0.29, 0.717) is 0 Å². The van der Waals surface area contributed by atoms with Crippen LogP contribution in [0.4, 0.5) is 0 Å². The molecule has 2 rings (SSSR count). The van der Waals surface area contributed by atoms with Crippen LogP contribution in [0.1, 0.15) is 32.3 Å². The van der Waals surface area contributed by atoms with Crippen LogP contribution in [0.2, 0.25) is 0 Å². The summed E-state index contributed by atoms with van der Waals surface area (Å²) >= 11 is 0. The predicted molar refractivity (Wildman–Crippen MR) is 70.8 cm³/mol. The molecule has 0 spiro atoms. The summed E-state index contributed by atoms with van der Waals surface area (Å²) in [4.78, 5) is 0. The van der Waals surface area contributed by atoms with Crippen LogP contribution in [0.3, 0.4) is 0 Å². The second kappa shape index (κ2) is 4.25. The van der Waals surface area contributed by atoms with Crippen LogP contribution in [0.25, 0.3) is 10.9 Å². The van der Waals surface area contributed by atoms with Crippen molar-refractivity contribution >= 4 is 10.9 Å². The fraction of sp³-hybridized carbons (Fsp3) is 0.400. The van der Waals surface area contributed by atoms with Gasteiger partial charge >= 0.3 is 0 Å². The topological polar surface area (TPSA) is 28.7 Å². The Labute approximate surface area is 102 Å². The van der Waals surface area contributed by atoms with Crippen molar-refractivity contribution < 1.29 is 0 Å². The number of benzene rings is 1. The Hall–Kier alpha value is -1.75. The molecule has 1 heterocycles. The maximum atomic E-state index is 9.54. The van der Waals surface area contributed by atoms with Gasteiger partial charge in [-0.1, -0.05) is 32.0 Å². The summed E-state index contributed by atoms with van der Waals surface area (Å²) in [6.07, 6.45) is 3.82. The number of hydrogen-bond acceptors (Lipinski definition) is 1. The normalized spacial score (nSPS) is 11.6. The standard InChI is InChI=1S/C15H18N2/c1-4-15(5-2,11-16)13-10-17(3)14-9-7-6-8-12(13)14/h6-10H,4-5H2,1-3H3. The minimum Gasteiger partial charge on any atom is -0.350 e. The molecule has 1 aromatic heterocycles. The lowest BCUT2D eigenvalue weighted by molar-refractivity contribution is 0.513. The molecule has 0 saturated heterocycles. The number of fused-ring (bicyclic) bond motifs is 1. The highest BCUT2D eigenvalue weighted by Gasteiger charge is 2.31. The van der Waals surface area contributed by atoms with Gasteiger partial charge in [0.15, 0.2) is 0 Å². The smallest absolute Gasteiger partial charge is 0.0837 e. The highest BCUT2D eigenvalue weighted by Crippen LogP contribution is 2.36. The summed E-state index contributed by atoms with van der Waals surface area (Å²) in [5.41, 5.74) is 2.02. The van der Waals surface area contributed by atoms with E-state index in [1.165, 1.54) is 16.5 Å². The molecule has 17 heavy (non-hydrogen) atoms. The molecule has 88 valence electrons. The zero-order valence-electron chi connectivity index (χ0n) is 10.7. The van der Waals surface area contributed by atoms with E-state index in [9.17, 15) is 5.26 Å². The van der Waals surface area contributed by atoms with E-state index >= 15 is 0 Å². The molecule has 0 aliphatic rings. The largest absolute Gasteiger partial charge is 0.350 e. The maximum absolute atomic E-state index is 9.54. The molecule has 0 bridgehead atoms. The first kappa shape index (κ1) is 11.7. The summed E-state index contributed by atoms with van der Waals surface area (Å²) in [6.45, 7) is 4.18. The molecule has 2 aromatic rings. The van der Waals surface area contributed by atoms with Gasteiger partial charge in [0, 0.05) is 24.1 Å². The first-order chi connectivity index (χ1) is 8.18. The maximum Gasteiger partial charge on any atom is 0.0837 e. The molecule has 2 heteroatoms. The Bertz CT molecular complexity index is 568. The number of nitrogens with zero attached hydrogens (tertiary/aromatic N) is 2. The molecule has 1 aromatic carbocycles. The van der Waals surface area contributed by atoms with Gasteiger partial charge in [-0.05, 0) is 24.5 Å². The quantitative estimate of drug-likeness (QED) is 0.783. The summed E-state index contributed by atoms with van der Waals surface area (Å²) in [6, 6.07) is 10.8. The molecule has 0 atom stereocenters. The van der Waals surface area contributed by atoms with E-state index in [2.05, 4.69) is 42.8 Å². The minimum atomic E-state index is -0.346. The van der Waals surface area contributed by atoms with Crippen molar-refractivity contribution in [2.75, 3.05) is 0 Å². The highest BCUT2D eigenvalue weighted by molar-refractivity contribution is 5.85. The van der Waals surface area contributed by atoms with Crippen LogP contribution in [-0.4, -0.2) is 4.57 Å². The Kier molecular flexibility index (Phi) is 2.93. The summed E-state index contributed by atoms with van der Waals surface area (Å²) in [5, 5.41) is 10.7. The van der Waals surface area contributed by atoms with Gasteiger partial charge in [0.05, 0.1) is 11.5 Å². The van der Waals surface area contributed by atoms with E-state index in [1.807, 2.05) is 19.2 Å². The molecule has 0 amide bonds. The summed E-state index contributed by atoms with van der Waals surface area (Å²) < 4.78 is 2.11. The molecule has 0 radical (unpaired) electrons. The summed E-state index contributed by atoms with van der Waals surface area (Å²) in [5.74, 6) is 0. The second-order valence-corrected chi connectivity index (χ2v) is 4.57. The number of hydrogen-bond donors (Lipinski definition) is 0. The van der Waals surface area contributed by atoms with Gasteiger partial charge in [0.2, 0.25) is 0 Å². The molecule has 0 fully saturated rings. The van der Waals surface area contributed by atoms with Crippen LogP contribution >= 0.6 is 0 Å². The van der Waals surface area contributed by atoms with E-state index in [4.69, 9.17) is 0 Å². The average Bonchev–Trinajstić information content (AvgIpc) is 2.72. The van der Waals surface area contributed by atoms with Crippen molar-refractivity contribution in [3.63, 3.8) is 0 Å². The lowest BCUT2D eigenvalue weighted by Crippen LogP contribution is -2.21. The summed E-state index contributed by atoms with van der Waals surface area (Å²) in [7, 11) is 2.04. The van der Waals surface area contributed by atoms with Gasteiger partial charge in [-0.3, -0.25) is 0 Å². The van der Waals surface area contributed by atoms with Gasteiger partial charge in [0.25, 0.3) is 0 Å². The third kappa shape index (κ3) is 1.63. The Morgan fingerprint density at radius 2 is 1.88 bits per heavy atom. The average molecular weight is 226 g/mol. The predicted octanol–water partition coefficient (Wildman–Crippen LogP) is 3.76. The lowest BCUT2D eigenvalue weighted by Gasteiger charge is -2.22. The first-order valence-corrected chi connectivity index (χ1v) is 6.14. The van der Waals surface area contributed by atoms with E-state index in [-0.39, 0.29) is 5.41 Å². The van der Waals surface area contributed by atoms with Crippen LogP contribution in [0.5, 0.6) is 0 Å². The van der Waals surface area contributed by atoms with Crippen molar-refractivity contribution in [3.8, 4) is 6.07 Å². The van der Waals surface area contributed by atoms with Gasteiger partial charge in [-0.25, -0.2) is 0 Å². The lowest BCUT2D eigenvalue weighted by atomic mass is 9.77. The van der Waals surface area contributed by atoms with Crippen molar-refractivity contribution in [2.24, 2.45) is 7.05 Å². The van der Waals surface area contributed by atoms with Gasteiger partial charge in [-0.2, -0.15) is 5.26 Å². The van der Waals surface area contributed by atoms with Crippen molar-refractivity contribution in [1.29, 1.82) is 5.26 Å². The van der Waals surface area contributed by atoms with E-state index in [1.54, 1.807) is 0 Å². The molecule has 0 unspecified atom stereocenters. The van der Waals surface area contributed by atoms with Crippen molar-refractivity contribution in [3.05, 3.63) is 36.0 Å². The zero-order chi connectivity index (χ0) is 12.5. The molecule has 0 saturated carbocycles. The Balaban J connectivity index is 2.75. The van der Waals surface area contributed by atoms with E-state index < -0.39 is 0 Å². The van der Waals surface area contributed by atoms with E-state index in [0.717, 1.165) is 12.8 Å². The van der Waals surface area contributed by atoms with Gasteiger partial charge in [-0.15, -0.1) is 0 Å². The SMILES string of the molecule is CCC(C#N)(CC)c1cn(C)c2ccccc12. The fourth-order valence-electron chi connectivity index (χ4n) is 2.57. The van der Waals surface area contributed by atoms with Gasteiger partial charge in [0.1, 0.15) is 0 Å². The number of nitriles is 1. The van der Waals surface area contributed by atoms with Crippen LogP contribution in [-0.2, 0) is 12.5 Å². The number of aryl methyl sites for hydroxylation is 1. The van der Waals surface area contributed by atoms with Crippen molar-refractivity contribution in [1.82, 2.24) is 4.57 Å². The van der Waals surface area contributed by atoms with Crippen LogP contribution < -0.4 is 0 Å². The van der Waals surface area contributed by atoms with Crippen LogP contribution in [0.15, 0.2) is 30.5 Å². The van der Waals surface area contributed by atoms with Gasteiger partial charge < -0.3 is 4.57 Å². The monoisotopic (exact) mass is 226 g/mol. The number of rotatable bonds is 3. The number of para-hydroxylation sites is 1. The molecular weight excluding hydrogens is 208 g/mol. The molecule has 0 aliphatic heterocycles. The highest BCUT2D eigenvalue weighted by atomic mass is 14.9.